The molecule has 0 bridgehead atoms. The maximum Gasteiger partial charge on any atom is 0.410 e. The quantitative estimate of drug-likeness (QED) is 0.567. The van der Waals surface area contributed by atoms with Crippen molar-refractivity contribution in [3.8, 4) is 6.07 Å². The second kappa shape index (κ2) is 8.90. The van der Waals surface area contributed by atoms with Crippen LogP contribution in [0.15, 0.2) is 35.4 Å². The van der Waals surface area contributed by atoms with E-state index in [4.69, 9.17) is 4.74 Å². The van der Waals surface area contributed by atoms with Crippen molar-refractivity contribution in [3.63, 3.8) is 0 Å². The van der Waals surface area contributed by atoms with Crippen molar-refractivity contribution in [2.45, 2.75) is 44.8 Å². The Labute approximate surface area is 189 Å². The molecule has 10 nitrogen and oxygen atoms in total. The summed E-state index contributed by atoms with van der Waals surface area (Å²) in [6.07, 6.45) is 3.28. The van der Waals surface area contributed by atoms with E-state index in [0.717, 1.165) is 0 Å². The zero-order chi connectivity index (χ0) is 23.6. The lowest BCUT2D eigenvalue weighted by atomic mass is 9.85. The van der Waals surface area contributed by atoms with Crippen molar-refractivity contribution >= 4 is 28.5 Å². The Kier molecular flexibility index (Phi) is 6.00. The van der Waals surface area contributed by atoms with Gasteiger partial charge in [-0.05, 0) is 38.8 Å². The van der Waals surface area contributed by atoms with Gasteiger partial charge in [0.15, 0.2) is 5.82 Å². The molecule has 1 aliphatic heterocycles. The lowest BCUT2D eigenvalue weighted by Crippen LogP contribution is -2.48. The van der Waals surface area contributed by atoms with Crippen LogP contribution < -0.4 is 10.9 Å². The molecule has 0 aromatic carbocycles. The van der Waals surface area contributed by atoms with Gasteiger partial charge in [-0.2, -0.15) is 14.8 Å². The van der Waals surface area contributed by atoms with E-state index in [-0.39, 0.29) is 30.0 Å². The van der Waals surface area contributed by atoms with E-state index in [2.05, 4.69) is 26.5 Å². The third-order valence-corrected chi connectivity index (χ3v) is 5.74. The molecule has 0 unspecified atom stereocenters. The van der Waals surface area contributed by atoms with Crippen molar-refractivity contribution in [1.82, 2.24) is 24.6 Å². The van der Waals surface area contributed by atoms with E-state index >= 15 is 0 Å². The van der Waals surface area contributed by atoms with Gasteiger partial charge in [-0.3, -0.25) is 9.48 Å². The first-order valence-electron chi connectivity index (χ1n) is 10.6. The summed E-state index contributed by atoms with van der Waals surface area (Å²) in [5.41, 5.74) is -0.151. The smallest absolute Gasteiger partial charge is 0.410 e. The summed E-state index contributed by atoms with van der Waals surface area (Å²) in [5.74, 6) is -0.421. The van der Waals surface area contributed by atoms with Crippen LogP contribution in [-0.2, 0) is 10.3 Å². The summed E-state index contributed by atoms with van der Waals surface area (Å²) in [6, 6.07) is 6.73. The zero-order valence-corrected chi connectivity index (χ0v) is 18.3. The molecule has 1 saturated heterocycles. The monoisotopic (exact) mass is 453 g/mol. The van der Waals surface area contributed by atoms with E-state index < -0.39 is 11.5 Å². The minimum absolute atomic E-state index is 0.146. The number of hydrogen-bond acceptors (Lipinski definition) is 7. The molecule has 3 aromatic heterocycles. The second-order valence-corrected chi connectivity index (χ2v) is 8.30. The minimum atomic E-state index is -0.723. The number of aromatic amines is 1. The molecule has 172 valence electrons. The molecular weight excluding hydrogens is 429 g/mol. The van der Waals surface area contributed by atoms with Crippen LogP contribution in [0.3, 0.4) is 0 Å². The summed E-state index contributed by atoms with van der Waals surface area (Å²) < 4.78 is 20.6. The minimum Gasteiger partial charge on any atom is -0.447 e. The predicted molar refractivity (Wildman–Crippen MR) is 118 cm³/mol. The van der Waals surface area contributed by atoms with Crippen LogP contribution in [0.4, 0.5) is 20.7 Å². The van der Waals surface area contributed by atoms with Crippen LogP contribution in [0.5, 0.6) is 0 Å². The average molecular weight is 453 g/mol. The Hall–Kier alpha value is -3.94. The molecule has 1 amide bonds. The Morgan fingerprint density at radius 3 is 2.82 bits per heavy atom. The summed E-state index contributed by atoms with van der Waals surface area (Å²) in [5, 5.41) is 17.6. The van der Waals surface area contributed by atoms with Crippen LogP contribution in [-0.4, -0.2) is 49.9 Å². The lowest BCUT2D eigenvalue weighted by Gasteiger charge is -2.40. The number of piperidine rings is 1. The average Bonchev–Trinajstić information content (AvgIpc) is 3.14. The van der Waals surface area contributed by atoms with Gasteiger partial charge in [0, 0.05) is 37.2 Å². The highest BCUT2D eigenvalue weighted by Gasteiger charge is 2.40. The lowest BCUT2D eigenvalue weighted by molar-refractivity contribution is 0.0502. The van der Waals surface area contributed by atoms with E-state index in [9.17, 15) is 19.2 Å². The normalized spacial score (nSPS) is 15.4. The highest BCUT2D eigenvalue weighted by atomic mass is 19.1. The molecule has 33 heavy (non-hydrogen) atoms. The maximum atomic E-state index is 13.6. The molecule has 2 N–H and O–H groups in total. The fourth-order valence-corrected chi connectivity index (χ4v) is 4.14. The number of nitriles is 1. The number of fused-ring (bicyclic) bond motifs is 1. The van der Waals surface area contributed by atoms with Crippen LogP contribution in [0.25, 0.3) is 10.9 Å². The number of amides is 1. The molecule has 0 saturated carbocycles. The molecule has 1 fully saturated rings. The molecule has 0 aliphatic carbocycles. The molecule has 1 aliphatic rings. The first-order chi connectivity index (χ1) is 15.8. The number of anilines is 2. The van der Waals surface area contributed by atoms with Crippen molar-refractivity contribution in [2.75, 3.05) is 18.4 Å². The molecule has 11 heteroatoms. The first-order valence-corrected chi connectivity index (χ1v) is 10.6. The van der Waals surface area contributed by atoms with Gasteiger partial charge in [0.2, 0.25) is 5.95 Å². The van der Waals surface area contributed by atoms with Gasteiger partial charge in [0.25, 0.3) is 5.56 Å². The van der Waals surface area contributed by atoms with Crippen LogP contribution in [0.1, 0.15) is 33.1 Å². The van der Waals surface area contributed by atoms with Crippen molar-refractivity contribution < 1.29 is 13.9 Å². The molecular formula is C22H24FN7O3. The van der Waals surface area contributed by atoms with Gasteiger partial charge in [-0.15, -0.1) is 0 Å². The third kappa shape index (κ3) is 4.37. The van der Waals surface area contributed by atoms with Gasteiger partial charge >= 0.3 is 6.09 Å². The number of carbonyl (C=O) groups is 1. The number of nitrogens with one attached hydrogen (secondary N) is 2. The van der Waals surface area contributed by atoms with Crippen molar-refractivity contribution in [1.29, 1.82) is 5.26 Å². The largest absolute Gasteiger partial charge is 0.447 e. The van der Waals surface area contributed by atoms with Crippen molar-refractivity contribution in [2.24, 2.45) is 0 Å². The number of rotatable bonds is 5. The van der Waals surface area contributed by atoms with Gasteiger partial charge < -0.3 is 19.9 Å². The fraction of sp³-hybridized carbons (Fsp3) is 0.409. The van der Waals surface area contributed by atoms with Gasteiger partial charge in [0.05, 0.1) is 29.6 Å². The highest BCUT2D eigenvalue weighted by molar-refractivity contribution is 5.91. The Morgan fingerprint density at radius 1 is 1.39 bits per heavy atom. The standard InChI is InChI=1S/C22H24FN7O3/c1-14(2)33-21(32)29-11-6-22(5-8-24,7-12-29)30-16-4-10-26-20(31)18(16)19(28-30)27-15-3-9-25-17(23)13-15/h3-4,9-10,13-14H,5-7,11-12H2,1-2H3,(H,26,31)(H,25,27,28). The van der Waals surface area contributed by atoms with Gasteiger partial charge in [0.1, 0.15) is 5.39 Å². The molecule has 0 atom stereocenters. The Bertz CT molecular complexity index is 1270. The molecule has 0 spiro atoms. The maximum absolute atomic E-state index is 13.6. The summed E-state index contributed by atoms with van der Waals surface area (Å²) in [7, 11) is 0. The first kappa shape index (κ1) is 22.3. The highest BCUT2D eigenvalue weighted by Crippen LogP contribution is 2.37. The Morgan fingerprint density at radius 2 is 2.15 bits per heavy atom. The number of pyridine rings is 2. The molecule has 0 radical (unpaired) electrons. The van der Waals surface area contributed by atoms with Crippen molar-refractivity contribution in [3.05, 3.63) is 46.9 Å². The molecule has 4 rings (SSSR count). The predicted octanol–water partition coefficient (Wildman–Crippen LogP) is 3.25. The van der Waals surface area contributed by atoms with E-state index in [0.29, 0.717) is 42.5 Å². The number of H-pyrrole nitrogens is 1. The summed E-state index contributed by atoms with van der Waals surface area (Å²) in [4.78, 5) is 32.8. The number of likely N-dealkylation sites (tertiary alicyclic amines) is 1. The number of hydrogen-bond donors (Lipinski definition) is 2. The number of nitrogens with zero attached hydrogens (tertiary/aromatic N) is 5. The van der Waals surface area contributed by atoms with E-state index in [1.54, 1.807) is 35.6 Å². The van der Waals surface area contributed by atoms with Crippen LogP contribution in [0, 0.1) is 17.3 Å². The fourth-order valence-electron chi connectivity index (χ4n) is 4.14. The number of ether oxygens (including phenoxy) is 1. The van der Waals surface area contributed by atoms with E-state index in [1.165, 1.54) is 18.5 Å². The number of aromatic nitrogens is 4. The number of carbonyl (C=O) groups excluding carboxylic acids is 1. The SMILES string of the molecule is CC(C)OC(=O)N1CCC(CC#N)(n2nc(Nc3ccnc(F)c3)c3c(=O)[nH]ccc32)CC1. The topological polar surface area (TPSA) is 129 Å². The zero-order valence-electron chi connectivity index (χ0n) is 18.3. The third-order valence-electron chi connectivity index (χ3n) is 5.74. The molecule has 3 aromatic rings. The second-order valence-electron chi connectivity index (χ2n) is 8.30. The van der Waals surface area contributed by atoms with Crippen LogP contribution >= 0.6 is 0 Å². The van der Waals surface area contributed by atoms with E-state index in [1.807, 2.05) is 0 Å². The van der Waals surface area contributed by atoms with Crippen LogP contribution in [0.2, 0.25) is 0 Å². The summed E-state index contributed by atoms with van der Waals surface area (Å²) >= 11 is 0. The van der Waals surface area contributed by atoms with Gasteiger partial charge in [-0.1, -0.05) is 0 Å². The van der Waals surface area contributed by atoms with Gasteiger partial charge in [-0.25, -0.2) is 9.78 Å². The molecule has 4 heterocycles. The Balaban J connectivity index is 1.73. The number of halogens is 1. The summed E-state index contributed by atoms with van der Waals surface area (Å²) in [6.45, 7) is 4.35.